The molecule has 2 fully saturated rings. The molecule has 0 aromatic heterocycles. The molecule has 2 saturated heterocycles. The third-order valence-electron chi connectivity index (χ3n) is 12.3. The second-order valence-electron chi connectivity index (χ2n) is 18.3. The van der Waals surface area contributed by atoms with Crippen LogP contribution >= 0.6 is 0 Å². The zero-order valence-corrected chi connectivity index (χ0v) is 42.0. The maximum atomic E-state index is 13.2. The van der Waals surface area contributed by atoms with Gasteiger partial charge in [-0.2, -0.15) is 0 Å². The molecule has 14 heteroatoms. The number of unbranched alkanes of at least 4 members (excludes halogenated alkanes) is 14. The molecule has 2 heterocycles. The van der Waals surface area contributed by atoms with Crippen LogP contribution in [0.4, 0.5) is 0 Å². The summed E-state index contributed by atoms with van der Waals surface area (Å²) in [4.78, 5) is 13.2. The zero-order chi connectivity index (χ0) is 50.3. The minimum Gasteiger partial charge on any atom is -0.394 e. The van der Waals surface area contributed by atoms with E-state index in [0.29, 0.717) is 12.8 Å². The first-order valence-electron chi connectivity index (χ1n) is 26.3. The van der Waals surface area contributed by atoms with Gasteiger partial charge in [-0.15, -0.1) is 0 Å². The van der Waals surface area contributed by atoms with E-state index >= 15 is 0 Å². The summed E-state index contributed by atoms with van der Waals surface area (Å²) in [5.41, 5.74) is 0. The Morgan fingerprint density at radius 2 is 1.01 bits per heavy atom. The zero-order valence-electron chi connectivity index (χ0n) is 42.0. The van der Waals surface area contributed by atoms with Crippen LogP contribution in [0.15, 0.2) is 85.1 Å². The van der Waals surface area contributed by atoms with Crippen molar-refractivity contribution in [1.29, 1.82) is 0 Å². The largest absolute Gasteiger partial charge is 0.394 e. The first-order valence-corrected chi connectivity index (χ1v) is 26.3. The molecule has 0 radical (unpaired) electrons. The molecule has 0 bridgehead atoms. The SMILES string of the molecule is CC/C=C\C/C=C\C/C=C\C/C=C\C/C=C\CCCCCC(=O)NC(COC1OC(CO)C(OC2OC(CO)C(O)C(O)C2O)C(O)C1O)C(O)/C=C/CC/C=C/CCCCCCCCCCCC. The smallest absolute Gasteiger partial charge is 0.220 e. The average molecular weight is 976 g/mol. The van der Waals surface area contributed by atoms with Crippen LogP contribution in [0.3, 0.4) is 0 Å². The van der Waals surface area contributed by atoms with E-state index in [-0.39, 0.29) is 18.9 Å². The highest BCUT2D eigenvalue weighted by molar-refractivity contribution is 5.76. The van der Waals surface area contributed by atoms with E-state index in [2.05, 4.69) is 92.1 Å². The summed E-state index contributed by atoms with van der Waals surface area (Å²) in [6.07, 6.45) is 36.2. The van der Waals surface area contributed by atoms with Gasteiger partial charge in [-0.3, -0.25) is 4.79 Å². The van der Waals surface area contributed by atoms with Crippen molar-refractivity contribution in [1.82, 2.24) is 5.32 Å². The number of carbonyl (C=O) groups excluding carboxylic acids is 1. The number of hydrogen-bond donors (Lipinski definition) is 9. The molecule has 2 rings (SSSR count). The topological polar surface area (TPSA) is 228 Å². The number of ether oxygens (including phenoxy) is 4. The first kappa shape index (κ1) is 62.3. The van der Waals surface area contributed by atoms with Crippen LogP contribution in [0.5, 0.6) is 0 Å². The van der Waals surface area contributed by atoms with Crippen LogP contribution in [-0.4, -0.2) is 140 Å². The van der Waals surface area contributed by atoms with Crippen molar-refractivity contribution in [2.75, 3.05) is 19.8 Å². The van der Waals surface area contributed by atoms with Crippen LogP contribution in [0, 0.1) is 0 Å². The Hall–Kier alpha value is -2.83. The van der Waals surface area contributed by atoms with E-state index in [1.807, 2.05) is 6.08 Å². The van der Waals surface area contributed by atoms with Crippen molar-refractivity contribution in [3.8, 4) is 0 Å². The number of amides is 1. The van der Waals surface area contributed by atoms with Crippen molar-refractivity contribution in [3.63, 3.8) is 0 Å². The van der Waals surface area contributed by atoms with E-state index in [4.69, 9.17) is 18.9 Å². The van der Waals surface area contributed by atoms with Gasteiger partial charge in [-0.25, -0.2) is 0 Å². The maximum absolute atomic E-state index is 13.2. The van der Waals surface area contributed by atoms with Crippen LogP contribution in [0.1, 0.15) is 162 Å². The summed E-state index contributed by atoms with van der Waals surface area (Å²) in [6.45, 7) is 2.61. The van der Waals surface area contributed by atoms with Crippen LogP contribution in [0.25, 0.3) is 0 Å². The quantitative estimate of drug-likeness (QED) is 0.0217. The number of nitrogens with one attached hydrogen (secondary N) is 1. The standard InChI is InChI=1S/C55H93NO13/c1-3-5-7-9-11-13-15-17-19-21-22-23-25-27-29-31-33-35-37-39-47(60)56-43(44(59)38-36-34-32-30-28-26-24-20-18-16-14-12-10-8-6-4-2)42-66-54-52(65)50(63)53(46(41-58)68-54)69-55-51(64)49(62)48(61)45(40-57)67-55/h5,7,11,13,17,19,22-23,27-30,36,38,43-46,48-55,57-59,61-65H,3-4,6,8-10,12,14-16,18,20-21,24-26,31-35,37,39-42H2,1-2H3,(H,56,60)/b7-5-,13-11-,19-17-,23-22-,29-27-,30-28+,38-36+. The number of aliphatic hydroxyl groups is 8. The molecule has 0 saturated carbocycles. The average Bonchev–Trinajstić information content (AvgIpc) is 3.35. The van der Waals surface area contributed by atoms with Gasteiger partial charge in [0.05, 0.1) is 32.0 Å². The summed E-state index contributed by atoms with van der Waals surface area (Å²) in [5.74, 6) is -0.285. The normalized spacial score (nSPS) is 26.9. The van der Waals surface area contributed by atoms with E-state index in [1.54, 1.807) is 6.08 Å². The summed E-state index contributed by atoms with van der Waals surface area (Å²) >= 11 is 0. The number of carbonyl (C=O) groups is 1. The lowest BCUT2D eigenvalue weighted by Gasteiger charge is -2.46. The Morgan fingerprint density at radius 3 is 1.59 bits per heavy atom. The molecular weight excluding hydrogens is 883 g/mol. The molecule has 12 atom stereocenters. The van der Waals surface area contributed by atoms with E-state index in [0.717, 1.165) is 64.2 Å². The Labute approximate surface area is 414 Å². The molecule has 2 aliphatic heterocycles. The second kappa shape index (κ2) is 40.7. The van der Waals surface area contributed by atoms with Crippen molar-refractivity contribution >= 4 is 5.91 Å². The van der Waals surface area contributed by atoms with Gasteiger partial charge in [-0.05, 0) is 77.0 Å². The van der Waals surface area contributed by atoms with Gasteiger partial charge in [0.1, 0.15) is 48.8 Å². The molecule has 396 valence electrons. The van der Waals surface area contributed by atoms with Crippen LogP contribution < -0.4 is 5.32 Å². The van der Waals surface area contributed by atoms with E-state index in [1.165, 1.54) is 64.2 Å². The predicted octanol–water partition coefficient (Wildman–Crippen LogP) is 7.38. The third-order valence-corrected chi connectivity index (χ3v) is 12.3. The first-order chi connectivity index (χ1) is 33.6. The number of aliphatic hydroxyl groups excluding tert-OH is 8. The molecule has 0 spiro atoms. The number of rotatable bonds is 39. The van der Waals surface area contributed by atoms with Crippen molar-refractivity contribution in [2.24, 2.45) is 0 Å². The Morgan fingerprint density at radius 1 is 0.536 bits per heavy atom. The molecule has 0 aliphatic carbocycles. The fourth-order valence-electron chi connectivity index (χ4n) is 8.04. The molecule has 14 nitrogen and oxygen atoms in total. The molecule has 2 aliphatic rings. The van der Waals surface area contributed by atoms with Gasteiger partial charge in [0.15, 0.2) is 12.6 Å². The second-order valence-corrected chi connectivity index (χ2v) is 18.3. The van der Waals surface area contributed by atoms with Gasteiger partial charge in [-0.1, -0.05) is 163 Å². The molecule has 1 amide bonds. The summed E-state index contributed by atoms with van der Waals surface area (Å²) < 4.78 is 22.7. The molecule has 0 aromatic rings. The van der Waals surface area contributed by atoms with Crippen molar-refractivity contribution in [3.05, 3.63) is 85.1 Å². The lowest BCUT2D eigenvalue weighted by atomic mass is 9.97. The molecule has 0 aromatic carbocycles. The number of allylic oxidation sites excluding steroid dienone is 13. The molecule has 69 heavy (non-hydrogen) atoms. The summed E-state index contributed by atoms with van der Waals surface area (Å²) in [6, 6.07) is -0.953. The fourth-order valence-corrected chi connectivity index (χ4v) is 8.04. The van der Waals surface area contributed by atoms with Gasteiger partial charge >= 0.3 is 0 Å². The molecule has 12 unspecified atom stereocenters. The minimum atomic E-state index is -1.80. The molecule has 9 N–H and O–H groups in total. The van der Waals surface area contributed by atoms with Crippen LogP contribution in [-0.2, 0) is 23.7 Å². The van der Waals surface area contributed by atoms with E-state index < -0.39 is 86.8 Å². The Balaban J connectivity index is 1.87. The van der Waals surface area contributed by atoms with Gasteiger partial charge in [0.25, 0.3) is 0 Å². The minimum absolute atomic E-state index is 0.229. The Bertz CT molecular complexity index is 1480. The predicted molar refractivity (Wildman–Crippen MR) is 272 cm³/mol. The third kappa shape index (κ3) is 27.5. The van der Waals surface area contributed by atoms with Crippen molar-refractivity contribution in [2.45, 2.75) is 235 Å². The maximum Gasteiger partial charge on any atom is 0.220 e. The lowest BCUT2D eigenvalue weighted by Crippen LogP contribution is -2.65. The highest BCUT2D eigenvalue weighted by Gasteiger charge is 2.51. The van der Waals surface area contributed by atoms with Gasteiger partial charge in [0.2, 0.25) is 5.91 Å². The van der Waals surface area contributed by atoms with Gasteiger partial charge in [0, 0.05) is 6.42 Å². The lowest BCUT2D eigenvalue weighted by molar-refractivity contribution is -0.359. The monoisotopic (exact) mass is 976 g/mol. The van der Waals surface area contributed by atoms with Crippen molar-refractivity contribution < 1.29 is 64.6 Å². The summed E-state index contributed by atoms with van der Waals surface area (Å²) in [5, 5.41) is 86.8. The van der Waals surface area contributed by atoms with Gasteiger partial charge < -0.3 is 65.1 Å². The Kier molecular flexibility index (Phi) is 36.8. The highest BCUT2D eigenvalue weighted by Crippen LogP contribution is 2.30. The fraction of sp³-hybridized carbons (Fsp3) is 0.727. The summed E-state index contributed by atoms with van der Waals surface area (Å²) in [7, 11) is 0. The molecular formula is C55H93NO13. The van der Waals surface area contributed by atoms with Crippen LogP contribution in [0.2, 0.25) is 0 Å². The number of hydrogen-bond acceptors (Lipinski definition) is 13. The highest BCUT2D eigenvalue weighted by atomic mass is 16.7. The van der Waals surface area contributed by atoms with E-state index in [9.17, 15) is 45.6 Å².